The summed E-state index contributed by atoms with van der Waals surface area (Å²) in [6, 6.07) is 8.47. The van der Waals surface area contributed by atoms with Crippen LogP contribution in [0.2, 0.25) is 5.02 Å². The average molecular weight is 212 g/mol. The molecule has 1 unspecified atom stereocenters. The average Bonchev–Trinajstić information content (AvgIpc) is 2.17. The summed E-state index contributed by atoms with van der Waals surface area (Å²) < 4.78 is 0. The minimum atomic E-state index is 0.568. The maximum atomic E-state index is 5.91. The van der Waals surface area contributed by atoms with Crippen molar-refractivity contribution >= 4 is 17.3 Å². The van der Waals surface area contributed by atoms with E-state index in [-0.39, 0.29) is 0 Å². The molecule has 1 aromatic carbocycles. The quantitative estimate of drug-likeness (QED) is 0.765. The molecule has 0 bridgehead atoms. The monoisotopic (exact) mass is 211 g/mol. The molecule has 0 saturated carbocycles. The second-order valence-electron chi connectivity index (χ2n) is 3.55. The number of halogens is 1. The van der Waals surface area contributed by atoms with Gasteiger partial charge in [-0.2, -0.15) is 0 Å². The predicted octanol–water partition coefficient (Wildman–Crippen LogP) is 4.33. The highest BCUT2D eigenvalue weighted by Gasteiger charge is 2.04. The fraction of sp³-hybridized carbons (Fsp3) is 0.500. The first kappa shape index (κ1) is 11.4. The maximum Gasteiger partial charge on any atom is 0.0426 e. The molecule has 0 amide bonds. The first-order chi connectivity index (χ1) is 6.76. The third-order valence-corrected chi connectivity index (χ3v) is 2.56. The summed E-state index contributed by atoms with van der Waals surface area (Å²) in [6.45, 7) is 4.42. The Labute approximate surface area is 91.5 Å². The van der Waals surface area contributed by atoms with Gasteiger partial charge in [-0.3, -0.25) is 0 Å². The van der Waals surface area contributed by atoms with Gasteiger partial charge in [-0.25, -0.2) is 0 Å². The van der Waals surface area contributed by atoms with Crippen molar-refractivity contribution in [3.05, 3.63) is 29.3 Å². The van der Waals surface area contributed by atoms with Crippen molar-refractivity contribution in [1.82, 2.24) is 0 Å². The molecule has 0 aromatic heterocycles. The van der Waals surface area contributed by atoms with Gasteiger partial charge in [0.05, 0.1) is 0 Å². The Morgan fingerprint density at radius 3 is 2.71 bits per heavy atom. The van der Waals surface area contributed by atoms with Gasteiger partial charge in [-0.15, -0.1) is 0 Å². The van der Waals surface area contributed by atoms with Gasteiger partial charge in [-0.05, 0) is 31.0 Å². The molecule has 0 radical (unpaired) electrons. The standard InChI is InChI=1S/C12H18ClN/c1-3-6-11(4-2)14-12-8-5-7-10(13)9-12/h5,7-9,11,14H,3-4,6H2,1-2H3. The van der Waals surface area contributed by atoms with Gasteiger partial charge in [0.1, 0.15) is 0 Å². The number of hydrogen-bond donors (Lipinski definition) is 1. The molecule has 0 aliphatic rings. The lowest BCUT2D eigenvalue weighted by atomic mass is 10.1. The lowest BCUT2D eigenvalue weighted by Crippen LogP contribution is -2.17. The molecule has 1 aromatic rings. The lowest BCUT2D eigenvalue weighted by molar-refractivity contribution is 0.623. The number of hydrogen-bond acceptors (Lipinski definition) is 1. The molecule has 0 heterocycles. The van der Waals surface area contributed by atoms with Gasteiger partial charge in [0.25, 0.3) is 0 Å². The van der Waals surface area contributed by atoms with Gasteiger partial charge in [-0.1, -0.05) is 37.9 Å². The van der Waals surface area contributed by atoms with E-state index in [2.05, 4.69) is 25.2 Å². The van der Waals surface area contributed by atoms with Crippen LogP contribution in [0.3, 0.4) is 0 Å². The van der Waals surface area contributed by atoms with Gasteiger partial charge in [0.2, 0.25) is 0 Å². The van der Waals surface area contributed by atoms with E-state index in [4.69, 9.17) is 11.6 Å². The fourth-order valence-corrected chi connectivity index (χ4v) is 1.73. The molecular formula is C12H18ClN. The lowest BCUT2D eigenvalue weighted by Gasteiger charge is -2.17. The highest BCUT2D eigenvalue weighted by atomic mass is 35.5. The normalized spacial score (nSPS) is 12.5. The van der Waals surface area contributed by atoms with E-state index in [1.807, 2.05) is 18.2 Å². The molecule has 0 aliphatic heterocycles. The topological polar surface area (TPSA) is 12.0 Å². The van der Waals surface area contributed by atoms with Crippen molar-refractivity contribution in [2.24, 2.45) is 0 Å². The molecular weight excluding hydrogens is 194 g/mol. The van der Waals surface area contributed by atoms with Crippen LogP contribution in [0.4, 0.5) is 5.69 Å². The summed E-state index contributed by atoms with van der Waals surface area (Å²) in [6.07, 6.45) is 3.58. The largest absolute Gasteiger partial charge is 0.382 e. The smallest absolute Gasteiger partial charge is 0.0426 e. The molecule has 0 spiro atoms. The Morgan fingerprint density at radius 1 is 1.36 bits per heavy atom. The zero-order valence-electron chi connectivity index (χ0n) is 8.89. The van der Waals surface area contributed by atoms with E-state index in [0.717, 1.165) is 17.1 Å². The maximum absolute atomic E-state index is 5.91. The molecule has 1 rings (SSSR count). The minimum Gasteiger partial charge on any atom is -0.382 e. The van der Waals surface area contributed by atoms with Crippen molar-refractivity contribution in [3.8, 4) is 0 Å². The van der Waals surface area contributed by atoms with Gasteiger partial charge < -0.3 is 5.32 Å². The van der Waals surface area contributed by atoms with E-state index >= 15 is 0 Å². The Morgan fingerprint density at radius 2 is 2.14 bits per heavy atom. The van der Waals surface area contributed by atoms with Crippen molar-refractivity contribution in [2.75, 3.05) is 5.32 Å². The van der Waals surface area contributed by atoms with Crippen LogP contribution < -0.4 is 5.32 Å². The van der Waals surface area contributed by atoms with Crippen LogP contribution in [0.5, 0.6) is 0 Å². The van der Waals surface area contributed by atoms with Gasteiger partial charge in [0, 0.05) is 16.8 Å². The van der Waals surface area contributed by atoms with Crippen molar-refractivity contribution in [3.63, 3.8) is 0 Å². The summed E-state index contributed by atoms with van der Waals surface area (Å²) >= 11 is 5.91. The summed E-state index contributed by atoms with van der Waals surface area (Å²) in [4.78, 5) is 0. The predicted molar refractivity (Wildman–Crippen MR) is 64.1 cm³/mol. The summed E-state index contributed by atoms with van der Waals surface area (Å²) in [5, 5.41) is 4.28. The summed E-state index contributed by atoms with van der Waals surface area (Å²) in [5.74, 6) is 0. The zero-order chi connectivity index (χ0) is 10.4. The Kier molecular flexibility index (Phi) is 4.81. The van der Waals surface area contributed by atoms with Crippen LogP contribution in [-0.4, -0.2) is 6.04 Å². The molecule has 2 heteroatoms. The van der Waals surface area contributed by atoms with E-state index in [1.165, 1.54) is 12.8 Å². The molecule has 1 N–H and O–H groups in total. The highest BCUT2D eigenvalue weighted by molar-refractivity contribution is 6.30. The summed E-state index contributed by atoms with van der Waals surface area (Å²) in [5.41, 5.74) is 1.12. The third kappa shape index (κ3) is 3.59. The molecule has 14 heavy (non-hydrogen) atoms. The van der Waals surface area contributed by atoms with Crippen LogP contribution in [0.25, 0.3) is 0 Å². The van der Waals surface area contributed by atoms with Gasteiger partial charge >= 0.3 is 0 Å². The molecule has 78 valence electrons. The zero-order valence-corrected chi connectivity index (χ0v) is 9.64. The minimum absolute atomic E-state index is 0.568. The molecule has 0 aliphatic carbocycles. The molecule has 0 saturated heterocycles. The Balaban J connectivity index is 2.57. The number of benzene rings is 1. The first-order valence-electron chi connectivity index (χ1n) is 5.28. The van der Waals surface area contributed by atoms with Crippen LogP contribution in [0, 0.1) is 0 Å². The first-order valence-corrected chi connectivity index (χ1v) is 5.66. The Bertz CT molecular complexity index is 273. The molecule has 1 nitrogen and oxygen atoms in total. The SMILES string of the molecule is CCCC(CC)Nc1cccc(Cl)c1. The van der Waals surface area contributed by atoms with E-state index in [1.54, 1.807) is 0 Å². The molecule has 0 fully saturated rings. The van der Waals surface area contributed by atoms with Crippen LogP contribution in [0.15, 0.2) is 24.3 Å². The van der Waals surface area contributed by atoms with E-state index < -0.39 is 0 Å². The van der Waals surface area contributed by atoms with Gasteiger partial charge in [0.15, 0.2) is 0 Å². The second kappa shape index (κ2) is 5.92. The second-order valence-corrected chi connectivity index (χ2v) is 3.98. The van der Waals surface area contributed by atoms with E-state index in [0.29, 0.717) is 6.04 Å². The van der Waals surface area contributed by atoms with Crippen molar-refractivity contribution in [1.29, 1.82) is 0 Å². The van der Waals surface area contributed by atoms with Crippen molar-refractivity contribution in [2.45, 2.75) is 39.2 Å². The van der Waals surface area contributed by atoms with Crippen LogP contribution in [0.1, 0.15) is 33.1 Å². The van der Waals surface area contributed by atoms with Crippen LogP contribution in [-0.2, 0) is 0 Å². The van der Waals surface area contributed by atoms with Crippen molar-refractivity contribution < 1.29 is 0 Å². The number of nitrogens with one attached hydrogen (secondary N) is 1. The number of rotatable bonds is 5. The highest BCUT2D eigenvalue weighted by Crippen LogP contribution is 2.17. The third-order valence-electron chi connectivity index (χ3n) is 2.33. The summed E-state index contributed by atoms with van der Waals surface area (Å²) in [7, 11) is 0. The molecule has 1 atom stereocenters. The fourth-order valence-electron chi connectivity index (χ4n) is 1.54. The number of anilines is 1. The Hall–Kier alpha value is -0.690. The van der Waals surface area contributed by atoms with E-state index in [9.17, 15) is 0 Å². The van der Waals surface area contributed by atoms with Crippen LogP contribution >= 0.6 is 11.6 Å².